The Kier molecular flexibility index (Phi) is 6.50. The Bertz CT molecular complexity index is 1000. The average molecular weight is 440 g/mol. The van der Waals surface area contributed by atoms with E-state index in [2.05, 4.69) is 5.32 Å². The van der Waals surface area contributed by atoms with Gasteiger partial charge in [0.05, 0.1) is 0 Å². The van der Waals surface area contributed by atoms with Crippen molar-refractivity contribution in [2.24, 2.45) is 0 Å². The van der Waals surface area contributed by atoms with Crippen molar-refractivity contribution in [3.8, 4) is 5.75 Å². The van der Waals surface area contributed by atoms with Gasteiger partial charge in [-0.15, -0.1) is 12.4 Å². The highest BCUT2D eigenvalue weighted by Gasteiger charge is 2.37. The molecular formula is C16H17ClF3N3O4S. The van der Waals surface area contributed by atoms with Crippen LogP contribution in [0.2, 0.25) is 0 Å². The molecule has 0 radical (unpaired) electrons. The number of carbonyl (C=O) groups excluding carboxylic acids is 1. The van der Waals surface area contributed by atoms with Crippen LogP contribution in [-0.2, 0) is 15.0 Å². The number of nitrogens with zero attached hydrogens (tertiary/aromatic N) is 1. The standard InChI is InChI=1S/C16H16F3N3O4S.ClH/c17-13(18)2-1-5-20-10-4-3-9-6-12(23)16(15(19)11(9)7-10)22-8-14(24)21-27(22,25)26;/h3-4,6-7,13,20,23H,1-2,5,8H2,(H,21,24);1H. The monoisotopic (exact) mass is 439 g/mol. The lowest BCUT2D eigenvalue weighted by Gasteiger charge is -2.18. The number of fused-ring (bicyclic) bond motifs is 1. The molecule has 0 unspecified atom stereocenters. The lowest BCUT2D eigenvalue weighted by molar-refractivity contribution is -0.117. The van der Waals surface area contributed by atoms with E-state index >= 15 is 0 Å². The van der Waals surface area contributed by atoms with Gasteiger partial charge in [0.2, 0.25) is 6.43 Å². The molecule has 0 atom stereocenters. The van der Waals surface area contributed by atoms with E-state index < -0.39 is 46.3 Å². The van der Waals surface area contributed by atoms with E-state index in [1.807, 2.05) is 0 Å². The highest BCUT2D eigenvalue weighted by molar-refractivity contribution is 7.92. The summed E-state index contributed by atoms with van der Waals surface area (Å²) in [6.07, 6.45) is -2.44. The predicted molar refractivity (Wildman–Crippen MR) is 101 cm³/mol. The minimum Gasteiger partial charge on any atom is -0.506 e. The van der Waals surface area contributed by atoms with Crippen LogP contribution in [0.4, 0.5) is 24.5 Å². The molecule has 0 saturated carbocycles. The summed E-state index contributed by atoms with van der Waals surface area (Å²) in [6.45, 7) is -0.398. The van der Waals surface area contributed by atoms with Gasteiger partial charge in [-0.2, -0.15) is 8.42 Å². The van der Waals surface area contributed by atoms with Crippen LogP contribution in [-0.4, -0.2) is 38.9 Å². The Balaban J connectivity index is 0.00000280. The van der Waals surface area contributed by atoms with Gasteiger partial charge in [0.25, 0.3) is 5.91 Å². The van der Waals surface area contributed by atoms with E-state index in [1.54, 1.807) is 10.8 Å². The van der Waals surface area contributed by atoms with E-state index in [4.69, 9.17) is 0 Å². The quantitative estimate of drug-likeness (QED) is 0.601. The van der Waals surface area contributed by atoms with Crippen molar-refractivity contribution in [2.45, 2.75) is 19.3 Å². The molecule has 0 aromatic heterocycles. The Morgan fingerprint density at radius 1 is 1.29 bits per heavy atom. The fraction of sp³-hybridized carbons (Fsp3) is 0.312. The Hall–Kier alpha value is -2.40. The molecule has 1 heterocycles. The minimum atomic E-state index is -4.29. The van der Waals surface area contributed by atoms with Gasteiger partial charge in [0.1, 0.15) is 18.0 Å². The third-order valence-corrected chi connectivity index (χ3v) is 5.41. The van der Waals surface area contributed by atoms with Crippen molar-refractivity contribution in [2.75, 3.05) is 22.7 Å². The van der Waals surface area contributed by atoms with Crippen molar-refractivity contribution in [1.82, 2.24) is 4.72 Å². The number of benzene rings is 2. The first kappa shape index (κ1) is 21.9. The van der Waals surface area contributed by atoms with E-state index in [-0.39, 0.29) is 37.2 Å². The molecule has 154 valence electrons. The number of carbonyl (C=O) groups is 1. The number of phenols is 1. The molecule has 3 rings (SSSR count). The van der Waals surface area contributed by atoms with Crippen LogP contribution in [0.15, 0.2) is 24.3 Å². The zero-order valence-electron chi connectivity index (χ0n) is 14.3. The molecule has 2 aromatic rings. The van der Waals surface area contributed by atoms with E-state index in [0.717, 1.165) is 0 Å². The maximum Gasteiger partial charge on any atom is 0.326 e. The van der Waals surface area contributed by atoms with Gasteiger partial charge in [0.15, 0.2) is 5.82 Å². The molecule has 0 bridgehead atoms. The maximum absolute atomic E-state index is 15.0. The summed E-state index contributed by atoms with van der Waals surface area (Å²) in [5.74, 6) is -2.48. The van der Waals surface area contributed by atoms with Crippen molar-refractivity contribution in [1.29, 1.82) is 0 Å². The van der Waals surface area contributed by atoms with Crippen LogP contribution in [0, 0.1) is 5.82 Å². The van der Waals surface area contributed by atoms with E-state index in [9.17, 15) is 31.5 Å². The third-order valence-electron chi connectivity index (χ3n) is 4.03. The number of halogens is 4. The van der Waals surface area contributed by atoms with Crippen LogP contribution in [0.1, 0.15) is 12.8 Å². The average Bonchev–Trinajstić information content (AvgIpc) is 2.84. The van der Waals surface area contributed by atoms with Gasteiger partial charge >= 0.3 is 10.2 Å². The third kappa shape index (κ3) is 4.36. The molecule has 0 spiro atoms. The topological polar surface area (TPSA) is 98.7 Å². The molecule has 1 aliphatic rings. The van der Waals surface area contributed by atoms with Crippen LogP contribution in [0.25, 0.3) is 10.8 Å². The van der Waals surface area contributed by atoms with Crippen LogP contribution in [0.5, 0.6) is 5.75 Å². The Morgan fingerprint density at radius 3 is 2.61 bits per heavy atom. The van der Waals surface area contributed by atoms with Crippen LogP contribution in [0.3, 0.4) is 0 Å². The summed E-state index contributed by atoms with van der Waals surface area (Å²) in [5.41, 5.74) is -0.179. The SMILES string of the molecule is Cl.O=C1CN(c2c(O)cc3ccc(NCCCC(F)F)cc3c2F)S(=O)(=O)N1. The molecule has 2 aromatic carbocycles. The summed E-state index contributed by atoms with van der Waals surface area (Å²) < 4.78 is 65.4. The number of anilines is 2. The second-order valence-electron chi connectivity index (χ2n) is 5.99. The van der Waals surface area contributed by atoms with Crippen molar-refractivity contribution < 1.29 is 31.5 Å². The number of rotatable bonds is 6. The van der Waals surface area contributed by atoms with Gasteiger partial charge in [0, 0.05) is 24.0 Å². The summed E-state index contributed by atoms with van der Waals surface area (Å²) in [7, 11) is -4.29. The minimum absolute atomic E-state index is 0. The molecule has 7 nitrogen and oxygen atoms in total. The second-order valence-corrected chi connectivity index (χ2v) is 7.59. The number of nitrogens with one attached hydrogen (secondary N) is 2. The van der Waals surface area contributed by atoms with Gasteiger partial charge in [-0.3, -0.25) is 4.79 Å². The summed E-state index contributed by atoms with van der Waals surface area (Å²) in [5, 5.41) is 13.3. The number of phenolic OH excluding ortho intramolecular Hbond substituents is 1. The van der Waals surface area contributed by atoms with Gasteiger partial charge in [-0.05, 0) is 30.0 Å². The lowest BCUT2D eigenvalue weighted by Crippen LogP contribution is -2.30. The summed E-state index contributed by atoms with van der Waals surface area (Å²) in [6, 6.07) is 5.65. The molecule has 1 amide bonds. The van der Waals surface area contributed by atoms with Gasteiger partial charge < -0.3 is 10.4 Å². The maximum atomic E-state index is 15.0. The first-order valence-corrected chi connectivity index (χ1v) is 9.43. The molecular weight excluding hydrogens is 423 g/mol. The van der Waals surface area contributed by atoms with Gasteiger partial charge in [-0.25, -0.2) is 22.2 Å². The molecule has 1 fully saturated rings. The smallest absolute Gasteiger partial charge is 0.326 e. The molecule has 12 heteroatoms. The fourth-order valence-electron chi connectivity index (χ4n) is 2.81. The Labute approximate surface area is 165 Å². The van der Waals surface area contributed by atoms with Crippen LogP contribution >= 0.6 is 12.4 Å². The van der Waals surface area contributed by atoms with E-state index in [0.29, 0.717) is 15.4 Å². The van der Waals surface area contributed by atoms with E-state index in [1.165, 1.54) is 18.2 Å². The molecule has 3 N–H and O–H groups in total. The predicted octanol–water partition coefficient (Wildman–Crippen LogP) is 2.74. The first-order valence-electron chi connectivity index (χ1n) is 7.99. The Morgan fingerprint density at radius 2 is 2.00 bits per heavy atom. The van der Waals surface area contributed by atoms with Crippen LogP contribution < -0.4 is 14.3 Å². The van der Waals surface area contributed by atoms with Crippen molar-refractivity contribution in [3.05, 3.63) is 30.1 Å². The summed E-state index contributed by atoms with van der Waals surface area (Å²) >= 11 is 0. The first-order chi connectivity index (χ1) is 12.7. The van der Waals surface area contributed by atoms with Gasteiger partial charge in [-0.1, -0.05) is 6.07 Å². The number of hydrogen-bond donors (Lipinski definition) is 3. The highest BCUT2D eigenvalue weighted by Crippen LogP contribution is 2.39. The second kappa shape index (κ2) is 8.31. The lowest BCUT2D eigenvalue weighted by atomic mass is 10.1. The number of aromatic hydroxyl groups is 1. The fourth-order valence-corrected chi connectivity index (χ4v) is 3.97. The summed E-state index contributed by atoms with van der Waals surface area (Å²) in [4.78, 5) is 11.4. The zero-order valence-corrected chi connectivity index (χ0v) is 15.9. The number of hydrogen-bond acceptors (Lipinski definition) is 5. The normalized spacial score (nSPS) is 15.6. The number of amides is 1. The zero-order chi connectivity index (χ0) is 19.8. The van der Waals surface area contributed by atoms with Crippen molar-refractivity contribution >= 4 is 50.7 Å². The highest BCUT2D eigenvalue weighted by atomic mass is 35.5. The molecule has 1 saturated heterocycles. The molecule has 1 aliphatic heterocycles. The molecule has 0 aliphatic carbocycles. The molecule has 28 heavy (non-hydrogen) atoms. The van der Waals surface area contributed by atoms with Crippen molar-refractivity contribution in [3.63, 3.8) is 0 Å². The number of alkyl halides is 2. The largest absolute Gasteiger partial charge is 0.506 e.